The van der Waals surface area contributed by atoms with E-state index in [1.54, 1.807) is 7.11 Å². The maximum absolute atomic E-state index is 5.62. The summed E-state index contributed by atoms with van der Waals surface area (Å²) in [5.41, 5.74) is 0. The molecule has 0 saturated carbocycles. The van der Waals surface area contributed by atoms with Gasteiger partial charge in [-0.2, -0.15) is 0 Å². The van der Waals surface area contributed by atoms with Crippen LogP contribution in [0.3, 0.4) is 0 Å². The van der Waals surface area contributed by atoms with Gasteiger partial charge in [0.1, 0.15) is 18.1 Å². The summed E-state index contributed by atoms with van der Waals surface area (Å²) in [6.07, 6.45) is 2.05. The fourth-order valence-electron chi connectivity index (χ4n) is 1.46. The van der Waals surface area contributed by atoms with Gasteiger partial charge in [-0.3, -0.25) is 0 Å². The quantitative estimate of drug-likeness (QED) is 0.638. The van der Waals surface area contributed by atoms with Gasteiger partial charge in [-0.25, -0.2) is 0 Å². The maximum Gasteiger partial charge on any atom is 0.129 e. The standard InChI is InChI=1S/C13H23NO3/c1-3-7-14-10-12-5-6-13(17-12)11-16-9-4-8-15-2/h5-6,14H,3-4,7-11H2,1-2H3. The first-order valence-corrected chi connectivity index (χ1v) is 6.21. The largest absolute Gasteiger partial charge is 0.462 e. The monoisotopic (exact) mass is 241 g/mol. The summed E-state index contributed by atoms with van der Waals surface area (Å²) >= 11 is 0. The molecule has 0 aliphatic carbocycles. The molecule has 0 saturated heterocycles. The van der Waals surface area contributed by atoms with Crippen LogP contribution in [0.1, 0.15) is 31.3 Å². The van der Waals surface area contributed by atoms with E-state index in [9.17, 15) is 0 Å². The van der Waals surface area contributed by atoms with E-state index in [0.29, 0.717) is 13.2 Å². The average Bonchev–Trinajstić information content (AvgIpc) is 2.77. The van der Waals surface area contributed by atoms with Gasteiger partial charge in [0.2, 0.25) is 0 Å². The number of hydrogen-bond donors (Lipinski definition) is 1. The third-order valence-corrected chi connectivity index (χ3v) is 2.32. The van der Waals surface area contributed by atoms with Gasteiger partial charge in [-0.15, -0.1) is 0 Å². The molecule has 0 radical (unpaired) electrons. The van der Waals surface area contributed by atoms with E-state index in [2.05, 4.69) is 12.2 Å². The predicted molar refractivity (Wildman–Crippen MR) is 66.9 cm³/mol. The zero-order chi connectivity index (χ0) is 12.3. The third-order valence-electron chi connectivity index (χ3n) is 2.32. The molecule has 0 aromatic carbocycles. The normalized spacial score (nSPS) is 10.9. The molecule has 0 aliphatic heterocycles. The smallest absolute Gasteiger partial charge is 0.129 e. The van der Waals surface area contributed by atoms with Crippen molar-refractivity contribution in [3.8, 4) is 0 Å². The summed E-state index contributed by atoms with van der Waals surface area (Å²) in [7, 11) is 1.70. The average molecular weight is 241 g/mol. The molecular weight excluding hydrogens is 218 g/mol. The van der Waals surface area contributed by atoms with E-state index in [4.69, 9.17) is 13.9 Å². The van der Waals surface area contributed by atoms with Crippen LogP contribution in [-0.4, -0.2) is 26.9 Å². The lowest BCUT2D eigenvalue weighted by Gasteiger charge is -2.02. The highest BCUT2D eigenvalue weighted by Gasteiger charge is 2.01. The number of ether oxygens (including phenoxy) is 2. The molecule has 1 heterocycles. The molecule has 0 spiro atoms. The van der Waals surface area contributed by atoms with Crippen molar-refractivity contribution in [3.63, 3.8) is 0 Å². The molecule has 1 aromatic heterocycles. The van der Waals surface area contributed by atoms with Crippen LogP contribution < -0.4 is 5.32 Å². The van der Waals surface area contributed by atoms with Crippen LogP contribution >= 0.6 is 0 Å². The van der Waals surface area contributed by atoms with Crippen molar-refractivity contribution >= 4 is 0 Å². The fourth-order valence-corrected chi connectivity index (χ4v) is 1.46. The minimum Gasteiger partial charge on any atom is -0.462 e. The Bertz CT molecular complexity index is 286. The topological polar surface area (TPSA) is 43.6 Å². The van der Waals surface area contributed by atoms with Gasteiger partial charge in [0, 0.05) is 20.3 Å². The Balaban J connectivity index is 2.12. The number of nitrogens with one attached hydrogen (secondary N) is 1. The van der Waals surface area contributed by atoms with Crippen LogP contribution in [0.25, 0.3) is 0 Å². The third kappa shape index (κ3) is 6.46. The Morgan fingerprint density at radius 2 is 2.06 bits per heavy atom. The molecule has 0 fully saturated rings. The second-order valence-electron chi connectivity index (χ2n) is 3.94. The highest BCUT2D eigenvalue weighted by Crippen LogP contribution is 2.09. The van der Waals surface area contributed by atoms with Gasteiger partial charge < -0.3 is 19.2 Å². The van der Waals surface area contributed by atoms with Crippen LogP contribution in [0.15, 0.2) is 16.5 Å². The summed E-state index contributed by atoms with van der Waals surface area (Å²) in [6, 6.07) is 3.97. The lowest BCUT2D eigenvalue weighted by molar-refractivity contribution is 0.0820. The van der Waals surface area contributed by atoms with Crippen LogP contribution in [0.5, 0.6) is 0 Å². The van der Waals surface area contributed by atoms with Gasteiger partial charge in [-0.1, -0.05) is 6.92 Å². The van der Waals surface area contributed by atoms with Crippen LogP contribution in [0.2, 0.25) is 0 Å². The van der Waals surface area contributed by atoms with Gasteiger partial charge in [0.25, 0.3) is 0 Å². The highest BCUT2D eigenvalue weighted by atomic mass is 16.5. The first kappa shape index (κ1) is 14.2. The molecule has 0 atom stereocenters. The Morgan fingerprint density at radius 1 is 1.24 bits per heavy atom. The molecule has 4 heteroatoms. The zero-order valence-corrected chi connectivity index (χ0v) is 10.8. The Hall–Kier alpha value is -0.840. The fraction of sp³-hybridized carbons (Fsp3) is 0.692. The molecule has 1 N–H and O–H groups in total. The molecular formula is C13H23NO3. The highest BCUT2D eigenvalue weighted by molar-refractivity contribution is 5.06. The summed E-state index contributed by atoms with van der Waals surface area (Å²) in [5.74, 6) is 1.85. The van der Waals surface area contributed by atoms with Gasteiger partial charge >= 0.3 is 0 Å². The van der Waals surface area contributed by atoms with Crippen molar-refractivity contribution in [2.45, 2.75) is 32.9 Å². The Morgan fingerprint density at radius 3 is 2.82 bits per heavy atom. The number of furan rings is 1. The first-order chi connectivity index (χ1) is 8.36. The molecule has 1 aromatic rings. The van der Waals surface area contributed by atoms with Gasteiger partial charge in [0.15, 0.2) is 0 Å². The number of methoxy groups -OCH3 is 1. The van der Waals surface area contributed by atoms with E-state index in [-0.39, 0.29) is 0 Å². The van der Waals surface area contributed by atoms with Crippen molar-refractivity contribution < 1.29 is 13.9 Å². The number of rotatable bonds is 10. The Labute approximate surface area is 103 Å². The van der Waals surface area contributed by atoms with Gasteiger partial charge in [-0.05, 0) is 31.5 Å². The van der Waals surface area contributed by atoms with Crippen LogP contribution in [0, 0.1) is 0 Å². The van der Waals surface area contributed by atoms with E-state index >= 15 is 0 Å². The van der Waals surface area contributed by atoms with Crippen LogP contribution in [0.4, 0.5) is 0 Å². The van der Waals surface area contributed by atoms with E-state index in [1.165, 1.54) is 0 Å². The summed E-state index contributed by atoms with van der Waals surface area (Å²) in [5, 5.41) is 3.30. The molecule has 17 heavy (non-hydrogen) atoms. The second-order valence-corrected chi connectivity index (χ2v) is 3.94. The van der Waals surface area contributed by atoms with Gasteiger partial charge in [0.05, 0.1) is 6.54 Å². The molecule has 0 unspecified atom stereocenters. The minimum atomic E-state index is 0.539. The SMILES string of the molecule is CCCNCc1ccc(COCCCOC)o1. The lowest BCUT2D eigenvalue weighted by Crippen LogP contribution is -2.13. The summed E-state index contributed by atoms with van der Waals surface area (Å²) in [6.45, 7) is 5.94. The summed E-state index contributed by atoms with van der Waals surface area (Å²) in [4.78, 5) is 0. The minimum absolute atomic E-state index is 0.539. The molecule has 4 nitrogen and oxygen atoms in total. The molecule has 1 rings (SSSR count). The van der Waals surface area contributed by atoms with Crippen molar-refractivity contribution in [3.05, 3.63) is 23.7 Å². The molecule has 98 valence electrons. The van der Waals surface area contributed by atoms with Crippen LogP contribution in [-0.2, 0) is 22.6 Å². The zero-order valence-electron chi connectivity index (χ0n) is 10.8. The lowest BCUT2D eigenvalue weighted by atomic mass is 10.4. The molecule has 0 amide bonds. The molecule has 0 bridgehead atoms. The van der Waals surface area contributed by atoms with E-state index in [0.717, 1.165) is 44.1 Å². The van der Waals surface area contributed by atoms with Crippen molar-refractivity contribution in [1.82, 2.24) is 5.32 Å². The Kier molecular flexibility index (Phi) is 7.71. The second kappa shape index (κ2) is 9.22. The van der Waals surface area contributed by atoms with Crippen molar-refractivity contribution in [1.29, 1.82) is 0 Å². The molecule has 0 aliphatic rings. The van der Waals surface area contributed by atoms with Crippen molar-refractivity contribution in [2.24, 2.45) is 0 Å². The predicted octanol–water partition coefficient (Wildman–Crippen LogP) is 2.33. The maximum atomic E-state index is 5.62. The van der Waals surface area contributed by atoms with Crippen molar-refractivity contribution in [2.75, 3.05) is 26.9 Å². The summed E-state index contributed by atoms with van der Waals surface area (Å²) < 4.78 is 16.0. The van der Waals surface area contributed by atoms with E-state index in [1.807, 2.05) is 12.1 Å². The first-order valence-electron chi connectivity index (χ1n) is 6.21. The van der Waals surface area contributed by atoms with E-state index < -0.39 is 0 Å². The number of hydrogen-bond acceptors (Lipinski definition) is 4.